The van der Waals surface area contributed by atoms with E-state index in [-0.39, 0.29) is 0 Å². The van der Waals surface area contributed by atoms with E-state index in [0.29, 0.717) is 0 Å². The maximum Gasteiger partial charge on any atom is 0.0220 e. The summed E-state index contributed by atoms with van der Waals surface area (Å²) in [5.41, 5.74) is 2.90. The van der Waals surface area contributed by atoms with Crippen molar-refractivity contribution < 1.29 is 0 Å². The Bertz CT molecular complexity index is 294. The summed E-state index contributed by atoms with van der Waals surface area (Å²) in [6, 6.07) is 6.79. The van der Waals surface area contributed by atoms with E-state index in [4.69, 9.17) is 0 Å². The van der Waals surface area contributed by atoms with Crippen LogP contribution in [0.3, 0.4) is 0 Å². The van der Waals surface area contributed by atoms with Gasteiger partial charge in [-0.2, -0.15) is 0 Å². The molecule has 1 aromatic carbocycles. The van der Waals surface area contributed by atoms with Gasteiger partial charge in [-0.1, -0.05) is 40.6 Å². The first kappa shape index (κ1) is 8.52. The van der Waals surface area contributed by atoms with E-state index >= 15 is 0 Å². The molecular weight excluding hydrogens is 184 g/mol. The highest BCUT2D eigenvalue weighted by Crippen LogP contribution is 2.44. The third-order valence-electron chi connectivity index (χ3n) is 2.17. The quantitative estimate of drug-likeness (QED) is 0.578. The van der Waals surface area contributed by atoms with E-state index in [1.807, 2.05) is 21.6 Å². The summed E-state index contributed by atoms with van der Waals surface area (Å²) in [5, 5.41) is 0. The molecule has 0 amide bonds. The lowest BCUT2D eigenvalue weighted by atomic mass is 10.0. The molecule has 0 spiro atoms. The van der Waals surface area contributed by atoms with E-state index in [1.165, 1.54) is 21.8 Å². The molecule has 0 N–H and O–H groups in total. The third-order valence-corrected chi connectivity index (χ3v) is 4.75. The molecule has 0 aliphatic carbocycles. The van der Waals surface area contributed by atoms with Gasteiger partial charge in [-0.3, -0.25) is 0 Å². The van der Waals surface area contributed by atoms with Gasteiger partial charge < -0.3 is 0 Å². The molecule has 0 saturated heterocycles. The largest absolute Gasteiger partial charge is 0.0883 e. The molecular formula is C10H12S2. The van der Waals surface area contributed by atoms with Gasteiger partial charge in [0.2, 0.25) is 0 Å². The molecule has 64 valence electrons. The zero-order chi connectivity index (χ0) is 8.55. The summed E-state index contributed by atoms with van der Waals surface area (Å²) in [7, 11) is 3.89. The number of aryl methyl sites for hydroxylation is 1. The second-order valence-electron chi connectivity index (χ2n) is 3.31. The number of hydrogen-bond acceptors (Lipinski definition) is 2. The Morgan fingerprint density at radius 1 is 1.42 bits per heavy atom. The average Bonchev–Trinajstić information content (AvgIpc) is 2.04. The van der Waals surface area contributed by atoms with Crippen molar-refractivity contribution in [1.29, 1.82) is 0 Å². The zero-order valence-corrected chi connectivity index (χ0v) is 8.97. The van der Waals surface area contributed by atoms with E-state index < -0.39 is 0 Å². The van der Waals surface area contributed by atoms with Gasteiger partial charge in [-0.05, 0) is 30.0 Å². The van der Waals surface area contributed by atoms with Gasteiger partial charge in [0.05, 0.1) is 0 Å². The zero-order valence-electron chi connectivity index (χ0n) is 7.33. The minimum atomic E-state index is 0.729. The SMILES string of the molecule is Cc1ccc2c(c1)SSCC2C. The van der Waals surface area contributed by atoms with Crippen LogP contribution in [0.25, 0.3) is 0 Å². The Balaban J connectivity index is 2.46. The monoisotopic (exact) mass is 196 g/mol. The lowest BCUT2D eigenvalue weighted by molar-refractivity contribution is 0.853. The molecule has 0 fully saturated rings. The summed E-state index contributed by atoms with van der Waals surface area (Å²) in [6.45, 7) is 4.46. The smallest absolute Gasteiger partial charge is 0.0220 e. The van der Waals surface area contributed by atoms with Crippen LogP contribution in [0.4, 0.5) is 0 Å². The summed E-state index contributed by atoms with van der Waals surface area (Å²) in [6.07, 6.45) is 0. The molecule has 0 bridgehead atoms. The van der Waals surface area contributed by atoms with Crippen LogP contribution >= 0.6 is 21.6 Å². The summed E-state index contributed by atoms with van der Waals surface area (Å²) in [4.78, 5) is 1.47. The second kappa shape index (κ2) is 3.35. The van der Waals surface area contributed by atoms with Gasteiger partial charge in [0, 0.05) is 10.6 Å². The fourth-order valence-corrected chi connectivity index (χ4v) is 4.22. The van der Waals surface area contributed by atoms with Crippen LogP contribution in [-0.2, 0) is 0 Å². The van der Waals surface area contributed by atoms with E-state index in [0.717, 1.165) is 5.92 Å². The van der Waals surface area contributed by atoms with E-state index in [1.54, 1.807) is 0 Å². The fourth-order valence-electron chi connectivity index (χ4n) is 1.41. The van der Waals surface area contributed by atoms with Crippen LogP contribution in [0.2, 0.25) is 0 Å². The van der Waals surface area contributed by atoms with Crippen molar-refractivity contribution in [2.75, 3.05) is 5.75 Å². The number of benzene rings is 1. The highest BCUT2D eigenvalue weighted by molar-refractivity contribution is 8.76. The summed E-state index contributed by atoms with van der Waals surface area (Å²) < 4.78 is 0. The van der Waals surface area contributed by atoms with Crippen molar-refractivity contribution in [2.45, 2.75) is 24.7 Å². The highest BCUT2D eigenvalue weighted by atomic mass is 33.1. The molecule has 0 radical (unpaired) electrons. The highest BCUT2D eigenvalue weighted by Gasteiger charge is 2.16. The standard InChI is InChI=1S/C10H12S2/c1-7-3-4-9-8(2)6-11-12-10(9)5-7/h3-5,8H,6H2,1-2H3. The minimum absolute atomic E-state index is 0.729. The van der Waals surface area contributed by atoms with Crippen molar-refractivity contribution in [3.63, 3.8) is 0 Å². The molecule has 1 aliphatic rings. The van der Waals surface area contributed by atoms with Crippen molar-refractivity contribution in [3.8, 4) is 0 Å². The minimum Gasteiger partial charge on any atom is -0.0883 e. The normalized spacial score (nSPS) is 22.0. The Morgan fingerprint density at radius 2 is 2.25 bits per heavy atom. The van der Waals surface area contributed by atoms with Gasteiger partial charge in [-0.25, -0.2) is 0 Å². The van der Waals surface area contributed by atoms with E-state index in [2.05, 4.69) is 32.0 Å². The molecule has 12 heavy (non-hydrogen) atoms. The first-order valence-corrected chi connectivity index (χ1v) is 6.49. The molecule has 1 heterocycles. The predicted molar refractivity (Wildman–Crippen MR) is 57.9 cm³/mol. The maximum absolute atomic E-state index is 2.31. The lowest BCUT2D eigenvalue weighted by Gasteiger charge is -2.20. The van der Waals surface area contributed by atoms with Gasteiger partial charge in [-0.15, -0.1) is 0 Å². The second-order valence-corrected chi connectivity index (χ2v) is 5.69. The molecule has 1 unspecified atom stereocenters. The molecule has 1 aliphatic heterocycles. The first-order chi connectivity index (χ1) is 5.77. The molecule has 0 nitrogen and oxygen atoms in total. The molecule has 2 rings (SSSR count). The Morgan fingerprint density at radius 3 is 3.08 bits per heavy atom. The lowest BCUT2D eigenvalue weighted by Crippen LogP contribution is -2.02. The number of hydrogen-bond donors (Lipinski definition) is 0. The van der Waals surface area contributed by atoms with Crippen molar-refractivity contribution >= 4 is 21.6 Å². The van der Waals surface area contributed by atoms with Crippen LogP contribution in [0.5, 0.6) is 0 Å². The fraction of sp³-hybridized carbons (Fsp3) is 0.400. The number of rotatable bonds is 0. The van der Waals surface area contributed by atoms with Crippen LogP contribution in [0, 0.1) is 6.92 Å². The Labute approximate surface area is 81.5 Å². The molecule has 1 aromatic rings. The van der Waals surface area contributed by atoms with Crippen molar-refractivity contribution in [1.82, 2.24) is 0 Å². The van der Waals surface area contributed by atoms with Gasteiger partial charge >= 0.3 is 0 Å². The molecule has 0 aromatic heterocycles. The third kappa shape index (κ3) is 1.50. The molecule has 2 heteroatoms. The van der Waals surface area contributed by atoms with Crippen molar-refractivity contribution in [2.24, 2.45) is 0 Å². The average molecular weight is 196 g/mol. The molecule has 1 atom stereocenters. The van der Waals surface area contributed by atoms with Gasteiger partial charge in [0.1, 0.15) is 0 Å². The first-order valence-electron chi connectivity index (χ1n) is 4.17. The van der Waals surface area contributed by atoms with Gasteiger partial charge in [0.25, 0.3) is 0 Å². The topological polar surface area (TPSA) is 0 Å². The molecule has 0 saturated carbocycles. The van der Waals surface area contributed by atoms with E-state index in [9.17, 15) is 0 Å². The predicted octanol–water partition coefficient (Wildman–Crippen LogP) is 3.85. The van der Waals surface area contributed by atoms with Crippen LogP contribution < -0.4 is 0 Å². The summed E-state index contributed by atoms with van der Waals surface area (Å²) >= 11 is 0. The summed E-state index contributed by atoms with van der Waals surface area (Å²) in [5.74, 6) is 1.98. The maximum atomic E-state index is 2.31. The van der Waals surface area contributed by atoms with Crippen molar-refractivity contribution in [3.05, 3.63) is 29.3 Å². The Kier molecular flexibility index (Phi) is 2.37. The van der Waals surface area contributed by atoms with Crippen LogP contribution in [0.1, 0.15) is 24.0 Å². The van der Waals surface area contributed by atoms with Crippen LogP contribution in [-0.4, -0.2) is 5.75 Å². The number of fused-ring (bicyclic) bond motifs is 1. The van der Waals surface area contributed by atoms with Gasteiger partial charge in [0.15, 0.2) is 0 Å². The Hall–Kier alpha value is -0.0800. The van der Waals surface area contributed by atoms with Crippen LogP contribution in [0.15, 0.2) is 23.1 Å².